The largest absolute Gasteiger partial charge is 0.359 e. The van der Waals surface area contributed by atoms with E-state index in [1.165, 1.54) is 11.5 Å². The number of nitrogens with zero attached hydrogens (tertiary/aromatic N) is 6. The van der Waals surface area contributed by atoms with E-state index >= 15 is 0 Å². The lowest BCUT2D eigenvalue weighted by Crippen LogP contribution is -2.46. The van der Waals surface area contributed by atoms with Gasteiger partial charge in [0.05, 0.1) is 12.2 Å². The Hall–Kier alpha value is -1.91. The lowest BCUT2D eigenvalue weighted by molar-refractivity contribution is 0.241. The Bertz CT molecular complexity index is 675. The summed E-state index contributed by atoms with van der Waals surface area (Å²) in [7, 11) is 0. The average Bonchev–Trinajstić information content (AvgIpc) is 3.14. The van der Waals surface area contributed by atoms with Crippen molar-refractivity contribution in [1.82, 2.24) is 18.8 Å². The van der Waals surface area contributed by atoms with Gasteiger partial charge in [-0.05, 0) is 25.4 Å². The minimum Gasteiger partial charge on any atom is -0.359 e. The maximum Gasteiger partial charge on any atom is 0.130 e. The highest BCUT2D eigenvalue weighted by Crippen LogP contribution is 2.28. The second-order valence-corrected chi connectivity index (χ2v) is 6.20. The molecule has 7 heteroatoms. The van der Waals surface area contributed by atoms with Crippen LogP contribution in [0.2, 0.25) is 0 Å². The van der Waals surface area contributed by atoms with Crippen molar-refractivity contribution in [1.29, 1.82) is 5.26 Å². The molecule has 0 aromatic carbocycles. The second kappa shape index (κ2) is 6.46. The van der Waals surface area contributed by atoms with Crippen molar-refractivity contribution in [3.8, 4) is 6.07 Å². The summed E-state index contributed by atoms with van der Waals surface area (Å²) in [5.74, 6) is 1.13. The van der Waals surface area contributed by atoms with Gasteiger partial charge in [-0.1, -0.05) is 0 Å². The maximum absolute atomic E-state index is 9.27. The van der Waals surface area contributed by atoms with Gasteiger partial charge in [0.15, 0.2) is 0 Å². The van der Waals surface area contributed by atoms with Crippen LogP contribution in [0.4, 0.5) is 5.00 Å². The third-order valence-corrected chi connectivity index (χ3v) is 5.12. The van der Waals surface area contributed by atoms with Gasteiger partial charge < -0.3 is 9.47 Å². The van der Waals surface area contributed by atoms with E-state index in [0.29, 0.717) is 0 Å². The van der Waals surface area contributed by atoms with Crippen LogP contribution in [-0.4, -0.2) is 45.0 Å². The molecule has 2 aromatic rings. The smallest absolute Gasteiger partial charge is 0.130 e. The number of hydrogen-bond acceptors (Lipinski definition) is 6. The van der Waals surface area contributed by atoms with Crippen molar-refractivity contribution < 1.29 is 0 Å². The highest BCUT2D eigenvalue weighted by molar-refractivity contribution is 7.10. The molecule has 0 radical (unpaired) electrons. The van der Waals surface area contributed by atoms with Crippen molar-refractivity contribution >= 4 is 16.5 Å². The number of hydrogen-bond donors (Lipinski definition) is 0. The molecule has 0 saturated carbocycles. The van der Waals surface area contributed by atoms with Gasteiger partial charge in [-0.15, -0.1) is 0 Å². The van der Waals surface area contributed by atoms with Crippen LogP contribution in [-0.2, 0) is 13.1 Å². The van der Waals surface area contributed by atoms with Gasteiger partial charge in [0.2, 0.25) is 0 Å². The predicted molar refractivity (Wildman–Crippen MR) is 87.0 cm³/mol. The summed E-state index contributed by atoms with van der Waals surface area (Å²) < 4.78 is 6.50. The predicted octanol–water partition coefficient (Wildman–Crippen LogP) is 1.86. The molecule has 116 valence electrons. The molecule has 1 aliphatic rings. The zero-order valence-electron chi connectivity index (χ0n) is 13.0. The van der Waals surface area contributed by atoms with E-state index in [9.17, 15) is 5.26 Å². The summed E-state index contributed by atoms with van der Waals surface area (Å²) in [6, 6.07) is 2.28. The lowest BCUT2D eigenvalue weighted by atomic mass is 10.2. The third kappa shape index (κ3) is 2.85. The average molecular weight is 316 g/mol. The molecule has 0 unspecified atom stereocenters. The molecule has 0 N–H and O–H groups in total. The number of piperazine rings is 1. The lowest BCUT2D eigenvalue weighted by Gasteiger charge is -2.35. The topological polar surface area (TPSA) is 61.0 Å². The summed E-state index contributed by atoms with van der Waals surface area (Å²) in [6.45, 7) is 9.73. The molecular formula is C15H20N6S. The zero-order valence-corrected chi connectivity index (χ0v) is 13.8. The number of anilines is 1. The molecule has 2 aromatic heterocycles. The van der Waals surface area contributed by atoms with E-state index in [-0.39, 0.29) is 0 Å². The van der Waals surface area contributed by atoms with E-state index in [1.54, 1.807) is 0 Å². The molecule has 6 nitrogen and oxygen atoms in total. The normalized spacial score (nSPS) is 16.0. The van der Waals surface area contributed by atoms with Crippen molar-refractivity contribution in [2.75, 3.05) is 31.1 Å². The Balaban J connectivity index is 1.62. The Labute approximate surface area is 134 Å². The van der Waals surface area contributed by atoms with Crippen molar-refractivity contribution in [2.45, 2.75) is 26.9 Å². The molecule has 0 spiro atoms. The number of nitriles is 1. The van der Waals surface area contributed by atoms with Crippen LogP contribution in [0.1, 0.15) is 24.0 Å². The van der Waals surface area contributed by atoms with Crippen LogP contribution in [0.5, 0.6) is 0 Å². The number of aromatic nitrogens is 3. The quantitative estimate of drug-likeness (QED) is 0.861. The van der Waals surface area contributed by atoms with Crippen molar-refractivity contribution in [2.24, 2.45) is 0 Å². The van der Waals surface area contributed by atoms with Gasteiger partial charge in [-0.3, -0.25) is 4.90 Å². The monoisotopic (exact) mass is 316 g/mol. The summed E-state index contributed by atoms with van der Waals surface area (Å²) in [5.41, 5.74) is 1.58. The Morgan fingerprint density at radius 1 is 1.32 bits per heavy atom. The Morgan fingerprint density at radius 3 is 2.77 bits per heavy atom. The molecule has 3 rings (SSSR count). The van der Waals surface area contributed by atoms with Crippen molar-refractivity contribution in [3.05, 3.63) is 29.5 Å². The van der Waals surface area contributed by atoms with Gasteiger partial charge in [0.1, 0.15) is 22.5 Å². The van der Waals surface area contributed by atoms with Gasteiger partial charge in [-0.2, -0.15) is 9.64 Å². The highest BCUT2D eigenvalue weighted by Gasteiger charge is 2.23. The standard InChI is InChI=1S/C15H20N6S/c1-3-20-5-4-17-14(20)11-19-6-8-21(9-7-19)15-13(10-16)12(2)18-22-15/h4-5H,3,6-9,11H2,1-2H3. The van der Waals surface area contributed by atoms with Gasteiger partial charge in [0, 0.05) is 45.1 Å². The summed E-state index contributed by atoms with van der Waals surface area (Å²) in [5, 5.41) is 10.3. The minimum absolute atomic E-state index is 0.736. The fourth-order valence-corrected chi connectivity index (χ4v) is 3.69. The maximum atomic E-state index is 9.27. The zero-order chi connectivity index (χ0) is 15.5. The van der Waals surface area contributed by atoms with Crippen LogP contribution < -0.4 is 4.90 Å². The van der Waals surface area contributed by atoms with Crippen LogP contribution in [0.3, 0.4) is 0 Å². The summed E-state index contributed by atoms with van der Waals surface area (Å²) >= 11 is 1.44. The molecule has 0 aliphatic carbocycles. The first-order chi connectivity index (χ1) is 10.7. The van der Waals surface area contributed by atoms with Gasteiger partial charge in [-0.25, -0.2) is 4.98 Å². The molecular weight excluding hydrogens is 296 g/mol. The van der Waals surface area contributed by atoms with Crippen LogP contribution in [0.25, 0.3) is 0 Å². The minimum atomic E-state index is 0.736. The van der Waals surface area contributed by atoms with Crippen molar-refractivity contribution in [3.63, 3.8) is 0 Å². The van der Waals surface area contributed by atoms with E-state index in [4.69, 9.17) is 0 Å². The first-order valence-corrected chi connectivity index (χ1v) is 8.34. The second-order valence-electron chi connectivity index (χ2n) is 5.45. The molecule has 0 amide bonds. The first kappa shape index (κ1) is 15.0. The van der Waals surface area contributed by atoms with Crippen LogP contribution in [0.15, 0.2) is 12.4 Å². The third-order valence-electron chi connectivity index (χ3n) is 4.12. The fourth-order valence-electron chi connectivity index (χ4n) is 2.79. The Kier molecular flexibility index (Phi) is 4.41. The molecule has 3 heterocycles. The molecule has 1 aliphatic heterocycles. The molecule has 0 bridgehead atoms. The van der Waals surface area contributed by atoms with Gasteiger partial charge >= 0.3 is 0 Å². The van der Waals surface area contributed by atoms with E-state index < -0.39 is 0 Å². The number of rotatable bonds is 4. The van der Waals surface area contributed by atoms with E-state index in [2.05, 4.69) is 36.7 Å². The van der Waals surface area contributed by atoms with Crippen LogP contribution in [0, 0.1) is 18.3 Å². The fraction of sp³-hybridized carbons (Fsp3) is 0.533. The number of imidazole rings is 1. The molecule has 0 atom stereocenters. The Morgan fingerprint density at radius 2 is 2.09 bits per heavy atom. The van der Waals surface area contributed by atoms with Gasteiger partial charge in [0.25, 0.3) is 0 Å². The summed E-state index contributed by atoms with van der Waals surface area (Å²) in [4.78, 5) is 9.15. The molecule has 22 heavy (non-hydrogen) atoms. The number of aryl methyl sites for hydroxylation is 2. The van der Waals surface area contributed by atoms with E-state index in [0.717, 1.165) is 61.4 Å². The summed E-state index contributed by atoms with van der Waals surface area (Å²) in [6.07, 6.45) is 3.90. The first-order valence-electron chi connectivity index (χ1n) is 7.56. The highest BCUT2D eigenvalue weighted by atomic mass is 32.1. The molecule has 1 fully saturated rings. The molecule has 1 saturated heterocycles. The SMILES string of the molecule is CCn1ccnc1CN1CCN(c2snc(C)c2C#N)CC1. The van der Waals surface area contributed by atoms with E-state index in [1.807, 2.05) is 19.3 Å². The van der Waals surface area contributed by atoms with Crippen LogP contribution >= 0.6 is 11.5 Å².